The molecule has 0 unspecified atom stereocenters. The summed E-state index contributed by atoms with van der Waals surface area (Å²) < 4.78 is 0. The third kappa shape index (κ3) is 6.05. The second kappa shape index (κ2) is 9.90. The number of likely N-dealkylation sites (N-methyl/N-ethyl adjacent to an activating group) is 1. The minimum absolute atomic E-state index is 0.189. The molecule has 0 aliphatic carbocycles. The van der Waals surface area contributed by atoms with Gasteiger partial charge in [-0.05, 0) is 35.7 Å². The maximum absolute atomic E-state index is 12.7. The molecule has 2 aromatic rings. The predicted octanol–water partition coefficient (Wildman–Crippen LogP) is 2.84. The van der Waals surface area contributed by atoms with Crippen molar-refractivity contribution >= 4 is 11.6 Å². The SMILES string of the molecule is Cc1ccccc1CN1CCN(CC(=O)N(C)Cc2ccc(N(C)C)cc2)CC1. The number of hydrogen-bond acceptors (Lipinski definition) is 4. The lowest BCUT2D eigenvalue weighted by molar-refractivity contribution is -0.132. The summed E-state index contributed by atoms with van der Waals surface area (Å²) >= 11 is 0. The van der Waals surface area contributed by atoms with Gasteiger partial charge in [0.25, 0.3) is 0 Å². The molecule has 0 spiro atoms. The lowest BCUT2D eigenvalue weighted by Crippen LogP contribution is -2.49. The zero-order chi connectivity index (χ0) is 20.8. The Morgan fingerprint density at radius 2 is 1.52 bits per heavy atom. The van der Waals surface area contributed by atoms with Crippen LogP contribution in [0.1, 0.15) is 16.7 Å². The van der Waals surface area contributed by atoms with E-state index >= 15 is 0 Å². The van der Waals surface area contributed by atoms with Crippen molar-refractivity contribution in [1.29, 1.82) is 0 Å². The zero-order valence-electron chi connectivity index (χ0n) is 18.3. The fourth-order valence-electron chi connectivity index (χ4n) is 3.71. The highest BCUT2D eigenvalue weighted by Gasteiger charge is 2.21. The van der Waals surface area contributed by atoms with E-state index in [1.165, 1.54) is 16.8 Å². The van der Waals surface area contributed by atoms with Gasteiger partial charge in [-0.15, -0.1) is 0 Å². The van der Waals surface area contributed by atoms with Crippen molar-refractivity contribution in [1.82, 2.24) is 14.7 Å². The molecule has 0 N–H and O–H groups in total. The van der Waals surface area contributed by atoms with Gasteiger partial charge in [-0.1, -0.05) is 36.4 Å². The van der Waals surface area contributed by atoms with Crippen molar-refractivity contribution in [2.24, 2.45) is 0 Å². The van der Waals surface area contributed by atoms with Crippen LogP contribution in [-0.2, 0) is 17.9 Å². The number of nitrogens with zero attached hydrogens (tertiary/aromatic N) is 4. The van der Waals surface area contributed by atoms with Gasteiger partial charge in [0.2, 0.25) is 5.91 Å². The normalized spacial score (nSPS) is 15.3. The van der Waals surface area contributed by atoms with Gasteiger partial charge in [-0.25, -0.2) is 0 Å². The van der Waals surface area contributed by atoms with Gasteiger partial charge in [-0.2, -0.15) is 0 Å². The molecule has 0 aromatic heterocycles. The summed E-state index contributed by atoms with van der Waals surface area (Å²) in [6.45, 7) is 8.25. The van der Waals surface area contributed by atoms with E-state index < -0.39 is 0 Å². The van der Waals surface area contributed by atoms with Crippen molar-refractivity contribution < 1.29 is 4.79 Å². The number of rotatable bonds is 7. The summed E-state index contributed by atoms with van der Waals surface area (Å²) in [5, 5.41) is 0. The number of carbonyl (C=O) groups is 1. The summed E-state index contributed by atoms with van der Waals surface area (Å²) in [7, 11) is 5.97. The third-order valence-corrected chi connectivity index (χ3v) is 5.78. The number of carbonyl (C=O) groups excluding carboxylic acids is 1. The average molecular weight is 395 g/mol. The van der Waals surface area contributed by atoms with Crippen molar-refractivity contribution in [2.75, 3.05) is 58.8 Å². The van der Waals surface area contributed by atoms with Crippen LogP contribution in [0.5, 0.6) is 0 Å². The van der Waals surface area contributed by atoms with Crippen LogP contribution in [0.3, 0.4) is 0 Å². The van der Waals surface area contributed by atoms with E-state index in [0.29, 0.717) is 13.1 Å². The van der Waals surface area contributed by atoms with Crippen LogP contribution >= 0.6 is 0 Å². The first-order chi connectivity index (χ1) is 13.9. The molecular formula is C24H34N4O. The fourth-order valence-corrected chi connectivity index (χ4v) is 3.71. The summed E-state index contributed by atoms with van der Waals surface area (Å²) in [6, 6.07) is 17.0. The van der Waals surface area contributed by atoms with Crippen LogP contribution in [0.2, 0.25) is 0 Å². The number of benzene rings is 2. The maximum Gasteiger partial charge on any atom is 0.236 e. The van der Waals surface area contributed by atoms with Crippen molar-refractivity contribution in [2.45, 2.75) is 20.0 Å². The first kappa shape index (κ1) is 21.3. The van der Waals surface area contributed by atoms with Crippen molar-refractivity contribution in [3.8, 4) is 0 Å². The second-order valence-electron chi connectivity index (χ2n) is 8.29. The highest BCUT2D eigenvalue weighted by atomic mass is 16.2. The van der Waals surface area contributed by atoms with E-state index in [1.807, 2.05) is 26.0 Å². The highest BCUT2D eigenvalue weighted by Crippen LogP contribution is 2.15. The second-order valence-corrected chi connectivity index (χ2v) is 8.29. The standard InChI is InChI=1S/C24H34N4O/c1-20-7-5-6-8-22(20)18-27-13-15-28(16-14-27)19-24(29)26(4)17-21-9-11-23(12-10-21)25(2)3/h5-12H,13-19H2,1-4H3. The molecule has 1 aliphatic heterocycles. The molecule has 0 saturated carbocycles. The Morgan fingerprint density at radius 3 is 2.14 bits per heavy atom. The summed E-state index contributed by atoms with van der Waals surface area (Å²) in [5.74, 6) is 0.189. The molecule has 3 rings (SSSR count). The molecule has 5 nitrogen and oxygen atoms in total. The van der Waals surface area contributed by atoms with Crippen LogP contribution in [0.25, 0.3) is 0 Å². The molecule has 5 heteroatoms. The van der Waals surface area contributed by atoms with Crippen LogP contribution < -0.4 is 4.90 Å². The Hall–Kier alpha value is -2.37. The Labute approximate surface area is 175 Å². The molecule has 0 atom stereocenters. The van der Waals surface area contributed by atoms with Gasteiger partial charge in [-0.3, -0.25) is 14.6 Å². The molecule has 0 radical (unpaired) electrons. The van der Waals surface area contributed by atoms with E-state index in [4.69, 9.17) is 0 Å². The van der Waals surface area contributed by atoms with E-state index in [1.54, 1.807) is 0 Å². The minimum atomic E-state index is 0.189. The van der Waals surface area contributed by atoms with E-state index in [0.717, 1.165) is 38.3 Å². The van der Waals surface area contributed by atoms with Crippen molar-refractivity contribution in [3.63, 3.8) is 0 Å². The molecule has 2 aromatic carbocycles. The largest absolute Gasteiger partial charge is 0.378 e. The summed E-state index contributed by atoms with van der Waals surface area (Å²) in [5.41, 5.74) is 5.09. The number of anilines is 1. The van der Waals surface area contributed by atoms with E-state index in [9.17, 15) is 4.79 Å². The molecule has 1 amide bonds. The van der Waals surface area contributed by atoms with Gasteiger partial charge in [0, 0.05) is 66.1 Å². The van der Waals surface area contributed by atoms with Gasteiger partial charge in [0.1, 0.15) is 0 Å². The number of amides is 1. The van der Waals surface area contributed by atoms with Crippen LogP contribution in [0.4, 0.5) is 5.69 Å². The maximum atomic E-state index is 12.7. The third-order valence-electron chi connectivity index (χ3n) is 5.78. The molecule has 0 bridgehead atoms. The Kier molecular flexibility index (Phi) is 7.29. The van der Waals surface area contributed by atoms with Gasteiger partial charge in [0.05, 0.1) is 6.54 Å². The fraction of sp³-hybridized carbons (Fsp3) is 0.458. The van der Waals surface area contributed by atoms with Gasteiger partial charge in [0.15, 0.2) is 0 Å². The first-order valence-corrected chi connectivity index (χ1v) is 10.4. The smallest absolute Gasteiger partial charge is 0.236 e. The monoisotopic (exact) mass is 394 g/mol. The molecule has 1 fully saturated rings. The van der Waals surface area contributed by atoms with Gasteiger partial charge >= 0.3 is 0 Å². The van der Waals surface area contributed by atoms with E-state index in [2.05, 4.69) is 70.2 Å². The lowest BCUT2D eigenvalue weighted by Gasteiger charge is -2.35. The highest BCUT2D eigenvalue weighted by molar-refractivity contribution is 5.78. The quantitative estimate of drug-likeness (QED) is 0.722. The summed E-state index contributed by atoms with van der Waals surface area (Å²) in [6.07, 6.45) is 0. The lowest BCUT2D eigenvalue weighted by atomic mass is 10.1. The molecule has 29 heavy (non-hydrogen) atoms. The molecule has 1 aliphatic rings. The molecule has 1 saturated heterocycles. The Morgan fingerprint density at radius 1 is 0.897 bits per heavy atom. The van der Waals surface area contributed by atoms with E-state index in [-0.39, 0.29) is 5.91 Å². The minimum Gasteiger partial charge on any atom is -0.378 e. The van der Waals surface area contributed by atoms with Crippen LogP contribution in [0, 0.1) is 6.92 Å². The van der Waals surface area contributed by atoms with Crippen LogP contribution in [-0.4, -0.2) is 74.5 Å². The topological polar surface area (TPSA) is 30.0 Å². The average Bonchev–Trinajstić information content (AvgIpc) is 2.71. The first-order valence-electron chi connectivity index (χ1n) is 10.4. The Balaban J connectivity index is 1.43. The summed E-state index contributed by atoms with van der Waals surface area (Å²) in [4.78, 5) is 21.4. The van der Waals surface area contributed by atoms with Crippen LogP contribution in [0.15, 0.2) is 48.5 Å². The molecular weight excluding hydrogens is 360 g/mol. The zero-order valence-corrected chi connectivity index (χ0v) is 18.3. The molecule has 156 valence electrons. The van der Waals surface area contributed by atoms with Crippen molar-refractivity contribution in [3.05, 3.63) is 65.2 Å². The number of aryl methyl sites for hydroxylation is 1. The number of piperazine rings is 1. The Bertz CT molecular complexity index is 795. The molecule has 1 heterocycles. The van der Waals surface area contributed by atoms with Gasteiger partial charge < -0.3 is 9.80 Å². The predicted molar refractivity (Wildman–Crippen MR) is 120 cm³/mol. The number of hydrogen-bond donors (Lipinski definition) is 0.